The van der Waals surface area contributed by atoms with Crippen LogP contribution in [0.1, 0.15) is 17.6 Å². The smallest absolute Gasteiger partial charge is 0.262 e. The van der Waals surface area contributed by atoms with E-state index in [1.807, 2.05) is 0 Å². The van der Waals surface area contributed by atoms with Crippen molar-refractivity contribution in [2.75, 3.05) is 0 Å². The van der Waals surface area contributed by atoms with E-state index in [0.717, 1.165) is 6.20 Å². The highest BCUT2D eigenvalue weighted by Crippen LogP contribution is 2.30. The van der Waals surface area contributed by atoms with Crippen LogP contribution in [0.3, 0.4) is 0 Å². The standard InChI is InChI=1S/C7H3F2N3O2/c8-7(9)5-3-11-2-4(1-10)6(5)12(13)14/h2-3,7H. The molecule has 5 nitrogen and oxygen atoms in total. The lowest BCUT2D eigenvalue weighted by atomic mass is 10.1. The molecule has 0 saturated carbocycles. The maximum absolute atomic E-state index is 12.3. The van der Waals surface area contributed by atoms with Crippen LogP contribution in [0.4, 0.5) is 14.5 Å². The van der Waals surface area contributed by atoms with Crippen LogP contribution >= 0.6 is 0 Å². The minimum absolute atomic E-state index is 0.465. The van der Waals surface area contributed by atoms with Gasteiger partial charge in [-0.15, -0.1) is 0 Å². The van der Waals surface area contributed by atoms with Gasteiger partial charge in [0.05, 0.1) is 11.1 Å². The van der Waals surface area contributed by atoms with E-state index in [9.17, 15) is 18.9 Å². The molecule has 0 atom stereocenters. The van der Waals surface area contributed by atoms with Crippen molar-refractivity contribution in [2.45, 2.75) is 6.43 Å². The number of nitriles is 1. The Balaban J connectivity index is 3.45. The Morgan fingerprint density at radius 1 is 1.57 bits per heavy atom. The third-order valence-electron chi connectivity index (χ3n) is 1.48. The van der Waals surface area contributed by atoms with Crippen LogP contribution in [-0.2, 0) is 0 Å². The van der Waals surface area contributed by atoms with Crippen LogP contribution in [0.2, 0.25) is 0 Å². The van der Waals surface area contributed by atoms with E-state index < -0.39 is 28.2 Å². The van der Waals surface area contributed by atoms with Crippen molar-refractivity contribution in [1.29, 1.82) is 5.26 Å². The molecule has 7 heteroatoms. The van der Waals surface area contributed by atoms with E-state index in [1.54, 1.807) is 0 Å². The first-order valence-electron chi connectivity index (χ1n) is 3.38. The second-order valence-electron chi connectivity index (χ2n) is 2.29. The molecule has 1 rings (SSSR count). The number of rotatable bonds is 2. The summed E-state index contributed by atoms with van der Waals surface area (Å²) in [5.41, 5.74) is -2.18. The first-order valence-corrected chi connectivity index (χ1v) is 3.38. The molecule has 0 aliphatic rings. The van der Waals surface area contributed by atoms with Crippen LogP contribution in [0.15, 0.2) is 12.4 Å². The topological polar surface area (TPSA) is 79.8 Å². The molecular formula is C7H3F2N3O2. The molecule has 1 heterocycles. The molecule has 0 unspecified atom stereocenters. The van der Waals surface area contributed by atoms with Crippen molar-refractivity contribution in [3.63, 3.8) is 0 Å². The third-order valence-corrected chi connectivity index (χ3v) is 1.48. The van der Waals surface area contributed by atoms with Crippen LogP contribution in [0.25, 0.3) is 0 Å². The van der Waals surface area contributed by atoms with E-state index >= 15 is 0 Å². The summed E-state index contributed by atoms with van der Waals surface area (Å²) in [5.74, 6) is 0. The molecule has 0 aromatic carbocycles. The fraction of sp³-hybridized carbons (Fsp3) is 0.143. The van der Waals surface area contributed by atoms with Gasteiger partial charge >= 0.3 is 0 Å². The van der Waals surface area contributed by atoms with Crippen molar-refractivity contribution in [3.8, 4) is 6.07 Å². The number of aromatic nitrogens is 1. The van der Waals surface area contributed by atoms with Gasteiger partial charge in [0.2, 0.25) is 0 Å². The molecule has 1 aromatic heterocycles. The average Bonchev–Trinajstić information content (AvgIpc) is 2.16. The second-order valence-corrected chi connectivity index (χ2v) is 2.29. The van der Waals surface area contributed by atoms with Crippen molar-refractivity contribution < 1.29 is 13.7 Å². The van der Waals surface area contributed by atoms with E-state index in [2.05, 4.69) is 4.98 Å². The minimum atomic E-state index is -3.02. The van der Waals surface area contributed by atoms with Gasteiger partial charge in [-0.05, 0) is 0 Å². The molecule has 0 bridgehead atoms. The molecule has 0 spiro atoms. The van der Waals surface area contributed by atoms with Crippen molar-refractivity contribution in [2.24, 2.45) is 0 Å². The predicted octanol–water partition coefficient (Wildman–Crippen LogP) is 1.80. The predicted molar refractivity (Wildman–Crippen MR) is 40.6 cm³/mol. The first kappa shape index (κ1) is 9.98. The quantitative estimate of drug-likeness (QED) is 0.537. The maximum Gasteiger partial charge on any atom is 0.299 e. The lowest BCUT2D eigenvalue weighted by Gasteiger charge is -2.00. The van der Waals surface area contributed by atoms with Gasteiger partial charge in [-0.2, -0.15) is 5.26 Å². The summed E-state index contributed by atoms with van der Waals surface area (Å²) in [7, 11) is 0. The highest BCUT2D eigenvalue weighted by Gasteiger charge is 2.25. The number of nitrogens with zero attached hydrogens (tertiary/aromatic N) is 3. The SMILES string of the molecule is N#Cc1cncc(C(F)F)c1[N+](=O)[O-]. The molecule has 0 aliphatic heterocycles. The lowest BCUT2D eigenvalue weighted by molar-refractivity contribution is -0.386. The minimum Gasteiger partial charge on any atom is -0.262 e. The van der Waals surface area contributed by atoms with Crippen molar-refractivity contribution >= 4 is 5.69 Å². The molecular weight excluding hydrogens is 196 g/mol. The number of hydrogen-bond donors (Lipinski definition) is 0. The van der Waals surface area contributed by atoms with E-state index in [1.165, 1.54) is 6.07 Å². The Kier molecular flexibility index (Phi) is 2.67. The van der Waals surface area contributed by atoms with E-state index in [0.29, 0.717) is 6.20 Å². The fourth-order valence-electron chi connectivity index (χ4n) is 0.915. The molecule has 1 aromatic rings. The molecule has 0 fully saturated rings. The van der Waals surface area contributed by atoms with Crippen LogP contribution in [0, 0.1) is 21.4 Å². The monoisotopic (exact) mass is 199 g/mol. The van der Waals surface area contributed by atoms with Gasteiger partial charge in [-0.3, -0.25) is 15.1 Å². The number of hydrogen-bond acceptors (Lipinski definition) is 4. The summed E-state index contributed by atoms with van der Waals surface area (Å²) in [6.07, 6.45) is -1.45. The van der Waals surface area contributed by atoms with E-state index in [-0.39, 0.29) is 0 Å². The zero-order chi connectivity index (χ0) is 10.7. The zero-order valence-corrected chi connectivity index (χ0v) is 6.65. The van der Waals surface area contributed by atoms with E-state index in [4.69, 9.17) is 5.26 Å². The Labute approximate surface area is 76.8 Å². The fourth-order valence-corrected chi connectivity index (χ4v) is 0.915. The molecule has 72 valence electrons. The molecule has 0 radical (unpaired) electrons. The van der Waals surface area contributed by atoms with Gasteiger partial charge in [0.15, 0.2) is 0 Å². The highest BCUT2D eigenvalue weighted by atomic mass is 19.3. The number of nitro groups is 1. The third kappa shape index (κ3) is 1.64. The van der Waals surface area contributed by atoms with Gasteiger partial charge < -0.3 is 0 Å². The van der Waals surface area contributed by atoms with Crippen LogP contribution < -0.4 is 0 Å². The van der Waals surface area contributed by atoms with Gasteiger partial charge in [0, 0.05) is 6.20 Å². The summed E-state index contributed by atoms with van der Waals surface area (Å²) < 4.78 is 24.5. The van der Waals surface area contributed by atoms with Gasteiger partial charge in [0.1, 0.15) is 17.2 Å². The maximum atomic E-state index is 12.3. The zero-order valence-electron chi connectivity index (χ0n) is 6.65. The average molecular weight is 199 g/mol. The molecule has 0 N–H and O–H groups in total. The van der Waals surface area contributed by atoms with Gasteiger partial charge in [0.25, 0.3) is 12.1 Å². The molecule has 0 amide bonds. The summed E-state index contributed by atoms with van der Waals surface area (Å²) in [5, 5.41) is 18.8. The summed E-state index contributed by atoms with van der Waals surface area (Å²) in [6, 6.07) is 1.43. The van der Waals surface area contributed by atoms with Crippen molar-refractivity contribution in [1.82, 2.24) is 4.98 Å². The number of pyridine rings is 1. The molecule has 14 heavy (non-hydrogen) atoms. The second kappa shape index (κ2) is 3.74. The lowest BCUT2D eigenvalue weighted by Crippen LogP contribution is -2.00. The molecule has 0 aliphatic carbocycles. The first-order chi connectivity index (χ1) is 6.57. The van der Waals surface area contributed by atoms with Gasteiger partial charge in [-0.25, -0.2) is 8.78 Å². The summed E-state index contributed by atoms with van der Waals surface area (Å²) >= 11 is 0. The normalized spacial score (nSPS) is 9.86. The number of halogens is 2. The Hall–Kier alpha value is -2.10. The van der Waals surface area contributed by atoms with Crippen LogP contribution in [-0.4, -0.2) is 9.91 Å². The number of alkyl halides is 2. The highest BCUT2D eigenvalue weighted by molar-refractivity contribution is 5.52. The van der Waals surface area contributed by atoms with Crippen molar-refractivity contribution in [3.05, 3.63) is 33.6 Å². The summed E-state index contributed by atoms with van der Waals surface area (Å²) in [4.78, 5) is 12.7. The van der Waals surface area contributed by atoms with Gasteiger partial charge in [-0.1, -0.05) is 0 Å². The largest absolute Gasteiger partial charge is 0.299 e. The Morgan fingerprint density at radius 2 is 2.21 bits per heavy atom. The Bertz CT molecular complexity index is 414. The Morgan fingerprint density at radius 3 is 2.64 bits per heavy atom. The van der Waals surface area contributed by atoms with Crippen LogP contribution in [0.5, 0.6) is 0 Å². The molecule has 0 saturated heterocycles. The summed E-state index contributed by atoms with van der Waals surface area (Å²) in [6.45, 7) is 0.